The van der Waals surface area contributed by atoms with E-state index in [1.807, 2.05) is 29.2 Å². The van der Waals surface area contributed by atoms with E-state index >= 15 is 0 Å². The standard InChI is InChI=1S/C38H46ClF3N4O5/c39-31-21-23(20-30(36(31)49)38(40,41)42)19-25(35(48)34-28-7-5-26(6-8-29(28)34)44-15-17-51-18-16-44)22-33(47)45-12-10-27(11-13-45)46-14-9-24-3-1-2-4-32(24)43-37(46)50/h1-4,20-21,25-29,34,49H,5-19,22H2,(H,43,50)/t25-,26?,28?,29?,34?/m0/s1. The number of aromatic hydroxyl groups is 1. The number of halogens is 4. The molecule has 2 saturated heterocycles. The highest BCUT2D eigenvalue weighted by Gasteiger charge is 2.56. The quantitative estimate of drug-likeness (QED) is 0.326. The van der Waals surface area contributed by atoms with Gasteiger partial charge in [0.2, 0.25) is 5.91 Å². The number of urea groups is 1. The van der Waals surface area contributed by atoms with Crippen molar-refractivity contribution in [1.82, 2.24) is 14.7 Å². The number of nitrogens with one attached hydrogen (secondary N) is 1. The van der Waals surface area contributed by atoms with E-state index in [0.717, 1.165) is 75.7 Å². The third-order valence-electron chi connectivity index (χ3n) is 12.0. The van der Waals surface area contributed by atoms with Gasteiger partial charge in [-0.2, -0.15) is 13.2 Å². The molecule has 2 aromatic rings. The summed E-state index contributed by atoms with van der Waals surface area (Å²) >= 11 is 6.06. The molecule has 3 atom stereocenters. The molecule has 0 spiro atoms. The number of morpholine rings is 1. The number of carbonyl (C=O) groups excluding carboxylic acids is 3. The number of alkyl halides is 3. The number of piperidine rings is 1. The second kappa shape index (κ2) is 14.9. The van der Waals surface area contributed by atoms with Crippen molar-refractivity contribution >= 4 is 35.0 Å². The molecule has 4 fully saturated rings. The molecule has 3 heterocycles. The first-order valence-corrected chi connectivity index (χ1v) is 18.7. The van der Waals surface area contributed by atoms with Crippen LogP contribution in [0.25, 0.3) is 0 Å². The lowest BCUT2D eigenvalue weighted by Crippen LogP contribution is -2.50. The number of amides is 3. The molecule has 2 N–H and O–H groups in total. The van der Waals surface area contributed by atoms with Gasteiger partial charge in [0.1, 0.15) is 11.5 Å². The predicted octanol–water partition coefficient (Wildman–Crippen LogP) is 6.40. The highest BCUT2D eigenvalue weighted by molar-refractivity contribution is 6.32. The molecule has 3 amide bonds. The Morgan fingerprint density at radius 1 is 0.941 bits per heavy atom. The first-order chi connectivity index (χ1) is 24.5. The number of fused-ring (bicyclic) bond motifs is 2. The minimum absolute atomic E-state index is 0.0412. The highest BCUT2D eigenvalue weighted by atomic mass is 35.5. The van der Waals surface area contributed by atoms with Gasteiger partial charge in [-0.1, -0.05) is 29.8 Å². The van der Waals surface area contributed by atoms with E-state index in [-0.39, 0.29) is 59.9 Å². The van der Waals surface area contributed by atoms with E-state index in [4.69, 9.17) is 16.3 Å². The molecule has 0 aromatic heterocycles. The van der Waals surface area contributed by atoms with Crippen LogP contribution in [0.4, 0.5) is 23.7 Å². The van der Waals surface area contributed by atoms with Gasteiger partial charge in [-0.15, -0.1) is 0 Å². The molecule has 7 rings (SSSR count). The lowest BCUT2D eigenvalue weighted by atomic mass is 9.86. The number of phenolic OH excluding ortho intramolecular Hbond substituents is 1. The molecule has 13 heteroatoms. The number of Topliss-reactive ketones (excluding diaryl/α,β-unsaturated/α-hetero) is 1. The number of ketones is 1. The largest absolute Gasteiger partial charge is 0.506 e. The van der Waals surface area contributed by atoms with E-state index in [1.54, 1.807) is 4.90 Å². The monoisotopic (exact) mass is 730 g/mol. The molecular weight excluding hydrogens is 685 g/mol. The molecule has 2 unspecified atom stereocenters. The summed E-state index contributed by atoms with van der Waals surface area (Å²) < 4.78 is 46.9. The fraction of sp³-hybridized carbons (Fsp3) is 0.605. The average Bonchev–Trinajstić information content (AvgIpc) is 3.88. The van der Waals surface area contributed by atoms with E-state index in [9.17, 15) is 32.7 Å². The Kier molecular flexibility index (Phi) is 10.6. The number of hydrogen-bond donors (Lipinski definition) is 2. The molecule has 5 aliphatic rings. The Bertz CT molecular complexity index is 1610. The number of anilines is 1. The van der Waals surface area contributed by atoms with Gasteiger partial charge in [0.05, 0.1) is 23.8 Å². The second-order valence-corrected chi connectivity index (χ2v) is 15.3. The molecule has 2 saturated carbocycles. The van der Waals surface area contributed by atoms with Crippen LogP contribution in [0.3, 0.4) is 0 Å². The normalized spacial score (nSPS) is 26.7. The third kappa shape index (κ3) is 7.88. The lowest BCUT2D eigenvalue weighted by molar-refractivity contribution is -0.139. The molecule has 0 radical (unpaired) electrons. The highest BCUT2D eigenvalue weighted by Crippen LogP contribution is 2.56. The number of nitrogens with zero attached hydrogens (tertiary/aromatic N) is 3. The lowest BCUT2D eigenvalue weighted by Gasteiger charge is -2.38. The Hall–Kier alpha value is -3.35. The Morgan fingerprint density at radius 2 is 1.63 bits per heavy atom. The molecule has 2 aliphatic carbocycles. The SMILES string of the molecule is O=C(C1C2CCC(N3CCOCC3)CCC21)[C@H](CC(=O)N1CCC(N2CCc3ccccc3NC2=O)CC1)Cc1cc(Cl)c(O)c(C(F)(F)F)c1. The summed E-state index contributed by atoms with van der Waals surface area (Å²) in [6.45, 7) is 4.71. The molecular formula is C38H46ClF3N4O5. The third-order valence-corrected chi connectivity index (χ3v) is 12.3. The van der Waals surface area contributed by atoms with Gasteiger partial charge in [0.15, 0.2) is 0 Å². The summed E-state index contributed by atoms with van der Waals surface area (Å²) in [7, 11) is 0. The number of ether oxygens (including phenoxy) is 1. The van der Waals surface area contributed by atoms with Crippen LogP contribution in [0.5, 0.6) is 5.75 Å². The Balaban J connectivity index is 1.02. The van der Waals surface area contributed by atoms with Crippen LogP contribution < -0.4 is 5.32 Å². The molecule has 2 aromatic carbocycles. The molecule has 276 valence electrons. The van der Waals surface area contributed by atoms with Crippen molar-refractivity contribution in [3.63, 3.8) is 0 Å². The van der Waals surface area contributed by atoms with E-state index < -0.39 is 28.4 Å². The van der Waals surface area contributed by atoms with Gasteiger partial charge in [0.25, 0.3) is 0 Å². The number of likely N-dealkylation sites (tertiary alicyclic amines) is 1. The maximum Gasteiger partial charge on any atom is 0.420 e. The summed E-state index contributed by atoms with van der Waals surface area (Å²) in [5.41, 5.74) is 0.804. The Morgan fingerprint density at radius 3 is 2.31 bits per heavy atom. The second-order valence-electron chi connectivity index (χ2n) is 14.9. The van der Waals surface area contributed by atoms with Crippen molar-refractivity contribution in [1.29, 1.82) is 0 Å². The number of hydrogen-bond acceptors (Lipinski definition) is 6. The van der Waals surface area contributed by atoms with Crippen LogP contribution in [0.1, 0.15) is 61.6 Å². The fourth-order valence-electron chi connectivity index (χ4n) is 9.20. The van der Waals surface area contributed by atoms with E-state index in [0.29, 0.717) is 38.5 Å². The number of phenols is 1. The fourth-order valence-corrected chi connectivity index (χ4v) is 9.44. The van der Waals surface area contributed by atoms with Crippen molar-refractivity contribution in [3.8, 4) is 5.75 Å². The Labute approximate surface area is 301 Å². The van der Waals surface area contributed by atoms with Crippen LogP contribution >= 0.6 is 11.6 Å². The van der Waals surface area contributed by atoms with Crippen molar-refractivity contribution in [2.45, 2.75) is 76.0 Å². The summed E-state index contributed by atoms with van der Waals surface area (Å²) in [5, 5.41) is 12.6. The summed E-state index contributed by atoms with van der Waals surface area (Å²) in [6, 6.07) is 10.1. The van der Waals surface area contributed by atoms with Crippen LogP contribution in [0.15, 0.2) is 36.4 Å². The van der Waals surface area contributed by atoms with E-state index in [1.165, 1.54) is 6.07 Å². The van der Waals surface area contributed by atoms with Gasteiger partial charge in [-0.05, 0) is 92.5 Å². The molecule has 9 nitrogen and oxygen atoms in total. The topological polar surface area (TPSA) is 102 Å². The number of benzene rings is 2. The zero-order chi connectivity index (χ0) is 35.9. The smallest absolute Gasteiger partial charge is 0.420 e. The van der Waals surface area contributed by atoms with Crippen LogP contribution in [-0.2, 0) is 33.3 Å². The average molecular weight is 731 g/mol. The van der Waals surface area contributed by atoms with Gasteiger partial charge < -0.3 is 25.0 Å². The maximum atomic E-state index is 14.3. The predicted molar refractivity (Wildman–Crippen MR) is 186 cm³/mol. The molecule has 0 bridgehead atoms. The van der Waals surface area contributed by atoms with Crippen molar-refractivity contribution in [2.24, 2.45) is 23.7 Å². The number of para-hydroxylation sites is 1. The number of rotatable bonds is 8. The number of carbonyl (C=O) groups is 3. The molecule has 51 heavy (non-hydrogen) atoms. The van der Waals surface area contributed by atoms with Gasteiger partial charge in [-0.3, -0.25) is 14.5 Å². The first kappa shape index (κ1) is 36.0. The summed E-state index contributed by atoms with van der Waals surface area (Å²) in [4.78, 5) is 47.3. The zero-order valence-corrected chi connectivity index (χ0v) is 29.4. The molecule has 3 aliphatic heterocycles. The van der Waals surface area contributed by atoms with Crippen molar-refractivity contribution in [3.05, 3.63) is 58.1 Å². The van der Waals surface area contributed by atoms with Crippen molar-refractivity contribution in [2.75, 3.05) is 51.3 Å². The minimum atomic E-state index is -4.84. The van der Waals surface area contributed by atoms with Crippen LogP contribution in [0.2, 0.25) is 5.02 Å². The van der Waals surface area contributed by atoms with Crippen LogP contribution in [0, 0.1) is 23.7 Å². The zero-order valence-electron chi connectivity index (χ0n) is 28.7. The van der Waals surface area contributed by atoms with Gasteiger partial charge >= 0.3 is 12.2 Å². The summed E-state index contributed by atoms with van der Waals surface area (Å²) in [6.07, 6.45) is 0.691. The van der Waals surface area contributed by atoms with Crippen molar-refractivity contribution < 1.29 is 37.4 Å². The minimum Gasteiger partial charge on any atom is -0.506 e. The van der Waals surface area contributed by atoms with E-state index in [2.05, 4.69) is 10.2 Å². The first-order valence-electron chi connectivity index (χ1n) is 18.4. The van der Waals surface area contributed by atoms with Gasteiger partial charge in [0, 0.05) is 68.8 Å². The van der Waals surface area contributed by atoms with Crippen LogP contribution in [-0.4, -0.2) is 95.5 Å². The summed E-state index contributed by atoms with van der Waals surface area (Å²) in [5.74, 6) is -1.91. The van der Waals surface area contributed by atoms with Gasteiger partial charge in [-0.25, -0.2) is 4.79 Å². The maximum absolute atomic E-state index is 14.3.